The number of phenolic OH excluding ortho intramolecular Hbond substituents is 1. The summed E-state index contributed by atoms with van der Waals surface area (Å²) in [5.41, 5.74) is 6.06. The third-order valence-corrected chi connectivity index (χ3v) is 6.99. The van der Waals surface area contributed by atoms with E-state index in [9.17, 15) is 14.7 Å². The van der Waals surface area contributed by atoms with E-state index in [4.69, 9.17) is 4.74 Å². The van der Waals surface area contributed by atoms with Crippen LogP contribution in [0.3, 0.4) is 0 Å². The molecule has 3 unspecified atom stereocenters. The van der Waals surface area contributed by atoms with Crippen molar-refractivity contribution >= 4 is 12.1 Å². The van der Waals surface area contributed by atoms with Gasteiger partial charge in [0.15, 0.2) is 0 Å². The molecule has 1 aromatic heterocycles. The van der Waals surface area contributed by atoms with Gasteiger partial charge in [0.25, 0.3) is 11.5 Å². The van der Waals surface area contributed by atoms with Crippen LogP contribution in [0.1, 0.15) is 46.4 Å². The number of benzene rings is 2. The van der Waals surface area contributed by atoms with Crippen molar-refractivity contribution in [3.63, 3.8) is 0 Å². The number of carbonyl (C=O) groups is 1. The van der Waals surface area contributed by atoms with Crippen molar-refractivity contribution in [2.24, 2.45) is 11.0 Å². The molecule has 0 spiro atoms. The Hall–Kier alpha value is -3.91. The lowest BCUT2D eigenvalue weighted by atomic mass is 9.83. The average molecular weight is 488 g/mol. The van der Waals surface area contributed by atoms with Crippen molar-refractivity contribution in [1.29, 1.82) is 0 Å². The Kier molecular flexibility index (Phi) is 6.86. The van der Waals surface area contributed by atoms with E-state index >= 15 is 0 Å². The van der Waals surface area contributed by atoms with E-state index in [0.717, 1.165) is 55.2 Å². The van der Waals surface area contributed by atoms with Crippen LogP contribution < -0.4 is 20.6 Å². The predicted molar refractivity (Wildman–Crippen MR) is 137 cm³/mol. The number of aromatic hydroxyl groups is 1. The number of aromatic nitrogens is 1. The molecule has 36 heavy (non-hydrogen) atoms. The molecule has 3 aromatic rings. The summed E-state index contributed by atoms with van der Waals surface area (Å²) >= 11 is 0. The lowest BCUT2D eigenvalue weighted by molar-refractivity contribution is -0.924. The number of piperidine rings is 1. The molecule has 8 heteroatoms. The van der Waals surface area contributed by atoms with Crippen molar-refractivity contribution in [3.05, 3.63) is 93.4 Å². The van der Waals surface area contributed by atoms with Crippen LogP contribution in [0.4, 0.5) is 0 Å². The molecule has 3 N–H and O–H groups in total. The van der Waals surface area contributed by atoms with Crippen molar-refractivity contribution in [1.82, 2.24) is 9.99 Å². The number of hydrogen-bond donors (Lipinski definition) is 3. The lowest BCUT2D eigenvalue weighted by Crippen LogP contribution is -3.13. The molecule has 5 rings (SSSR count). The highest BCUT2D eigenvalue weighted by molar-refractivity contribution is 5.95. The fourth-order valence-electron chi connectivity index (χ4n) is 5.52. The summed E-state index contributed by atoms with van der Waals surface area (Å²) in [6.07, 6.45) is 2.75. The van der Waals surface area contributed by atoms with Crippen molar-refractivity contribution in [3.8, 4) is 11.5 Å². The monoisotopic (exact) mass is 487 g/mol. The first-order valence-corrected chi connectivity index (χ1v) is 12.4. The Morgan fingerprint density at radius 3 is 2.89 bits per heavy atom. The molecule has 0 saturated carbocycles. The van der Waals surface area contributed by atoms with Gasteiger partial charge in [0.05, 0.1) is 25.9 Å². The molecule has 2 bridgehead atoms. The van der Waals surface area contributed by atoms with Gasteiger partial charge in [-0.15, -0.1) is 0 Å². The number of ether oxygens (including phenoxy) is 1. The van der Waals surface area contributed by atoms with Gasteiger partial charge in [-0.1, -0.05) is 12.1 Å². The zero-order valence-electron chi connectivity index (χ0n) is 20.3. The molecule has 2 aliphatic rings. The van der Waals surface area contributed by atoms with Crippen molar-refractivity contribution in [2.45, 2.75) is 32.4 Å². The molecule has 1 saturated heterocycles. The minimum atomic E-state index is -0.392. The number of amides is 1. The largest absolute Gasteiger partial charge is 0.508 e. The SMILES string of the molecule is CCOc1ccc(C=NNC(=O)c2cccc(O)c2)cc1C[NH+]1CC2CC(C1)c1cccc(=O)n1C2. The van der Waals surface area contributed by atoms with E-state index in [2.05, 4.69) is 22.7 Å². The normalized spacial score (nSPS) is 20.6. The Bertz CT molecular complexity index is 1350. The minimum absolute atomic E-state index is 0.0303. The summed E-state index contributed by atoms with van der Waals surface area (Å²) in [5.74, 6) is 1.37. The van der Waals surface area contributed by atoms with Crippen LogP contribution in [-0.4, -0.2) is 41.5 Å². The quantitative estimate of drug-likeness (QED) is 0.350. The van der Waals surface area contributed by atoms with Gasteiger partial charge in [-0.2, -0.15) is 5.10 Å². The third kappa shape index (κ3) is 5.18. The molecule has 0 radical (unpaired) electrons. The van der Waals surface area contributed by atoms with E-state index in [1.54, 1.807) is 24.4 Å². The maximum atomic E-state index is 12.3. The maximum absolute atomic E-state index is 12.3. The number of hydrazone groups is 1. The van der Waals surface area contributed by atoms with Gasteiger partial charge in [-0.3, -0.25) is 9.59 Å². The Morgan fingerprint density at radius 2 is 2.06 bits per heavy atom. The second kappa shape index (κ2) is 10.4. The van der Waals surface area contributed by atoms with E-state index in [0.29, 0.717) is 24.0 Å². The van der Waals surface area contributed by atoms with Gasteiger partial charge in [0.1, 0.15) is 18.0 Å². The highest BCUT2D eigenvalue weighted by Crippen LogP contribution is 2.30. The molecule has 0 aliphatic carbocycles. The molecule has 2 aromatic carbocycles. The van der Waals surface area contributed by atoms with Gasteiger partial charge in [0.2, 0.25) is 0 Å². The first-order valence-electron chi connectivity index (χ1n) is 12.4. The number of pyridine rings is 1. The molecule has 8 nitrogen and oxygen atoms in total. The lowest BCUT2D eigenvalue weighted by Gasteiger charge is -2.40. The predicted octanol–water partition coefficient (Wildman–Crippen LogP) is 1.92. The fraction of sp³-hybridized carbons (Fsp3) is 0.321. The first-order chi connectivity index (χ1) is 17.5. The highest BCUT2D eigenvalue weighted by Gasteiger charge is 2.37. The highest BCUT2D eigenvalue weighted by atomic mass is 16.5. The zero-order valence-corrected chi connectivity index (χ0v) is 20.3. The fourth-order valence-corrected chi connectivity index (χ4v) is 5.52. The van der Waals surface area contributed by atoms with E-state index in [1.807, 2.05) is 29.7 Å². The Balaban J connectivity index is 1.30. The number of carbonyl (C=O) groups excluding carboxylic acids is 1. The number of nitrogens with one attached hydrogen (secondary N) is 2. The van der Waals surface area contributed by atoms with E-state index < -0.39 is 5.91 Å². The molecule has 1 amide bonds. The van der Waals surface area contributed by atoms with Crippen LogP contribution in [0, 0.1) is 5.92 Å². The number of rotatable bonds is 7. The molecule has 3 atom stereocenters. The van der Waals surface area contributed by atoms with Gasteiger partial charge < -0.3 is 19.3 Å². The van der Waals surface area contributed by atoms with Crippen LogP contribution >= 0.6 is 0 Å². The summed E-state index contributed by atoms with van der Waals surface area (Å²) in [7, 11) is 0. The molecule has 2 aliphatic heterocycles. The van der Waals surface area contributed by atoms with Crippen LogP contribution in [0.25, 0.3) is 0 Å². The topological polar surface area (TPSA) is 97.4 Å². The Labute approximate surface area is 209 Å². The summed E-state index contributed by atoms with van der Waals surface area (Å²) in [6.45, 7) is 6.15. The second-order valence-corrected chi connectivity index (χ2v) is 9.58. The molecule has 1 fully saturated rings. The smallest absolute Gasteiger partial charge is 0.271 e. The number of phenols is 1. The number of hydrogen-bond acceptors (Lipinski definition) is 5. The average Bonchev–Trinajstić information content (AvgIpc) is 2.86. The van der Waals surface area contributed by atoms with Crippen LogP contribution in [-0.2, 0) is 13.1 Å². The standard InChI is InChI=1S/C28H30N4O4/c1-2-36-26-10-9-19(14-29-30-28(35)21-5-3-6-24(33)13-21)11-23(26)18-31-15-20-12-22(17-31)25-7-4-8-27(34)32(25)16-20/h3-11,13-14,20,22,33H,2,12,15-18H2,1H3,(H,30,35)/p+1. The van der Waals surface area contributed by atoms with Gasteiger partial charge >= 0.3 is 0 Å². The van der Waals surface area contributed by atoms with Gasteiger partial charge in [0, 0.05) is 41.3 Å². The second-order valence-electron chi connectivity index (χ2n) is 9.58. The van der Waals surface area contributed by atoms with Crippen molar-refractivity contribution < 1.29 is 19.5 Å². The summed E-state index contributed by atoms with van der Waals surface area (Å²) in [6, 6.07) is 17.7. The van der Waals surface area contributed by atoms with Gasteiger partial charge in [-0.05, 0) is 61.4 Å². The zero-order chi connectivity index (χ0) is 25.1. The molecule has 3 heterocycles. The number of nitrogens with zero attached hydrogens (tertiary/aromatic N) is 2. The number of fused-ring (bicyclic) bond motifs is 4. The number of likely N-dealkylation sites (tertiary alicyclic amines) is 1. The van der Waals surface area contributed by atoms with Gasteiger partial charge in [-0.25, -0.2) is 5.43 Å². The molecule has 186 valence electrons. The summed E-state index contributed by atoms with van der Waals surface area (Å²) in [4.78, 5) is 26.1. The van der Waals surface area contributed by atoms with Crippen molar-refractivity contribution in [2.75, 3.05) is 19.7 Å². The number of quaternary nitrogens is 1. The van der Waals surface area contributed by atoms with E-state index in [1.165, 1.54) is 17.0 Å². The Morgan fingerprint density at radius 1 is 1.19 bits per heavy atom. The third-order valence-electron chi connectivity index (χ3n) is 6.99. The van der Waals surface area contributed by atoms with Crippen LogP contribution in [0.15, 0.2) is 70.6 Å². The maximum Gasteiger partial charge on any atom is 0.271 e. The molecular formula is C28H31N4O4+. The summed E-state index contributed by atoms with van der Waals surface area (Å²) < 4.78 is 7.88. The first kappa shape index (κ1) is 23.8. The summed E-state index contributed by atoms with van der Waals surface area (Å²) in [5, 5.41) is 13.7. The van der Waals surface area contributed by atoms with E-state index in [-0.39, 0.29) is 11.3 Å². The van der Waals surface area contributed by atoms with Crippen LogP contribution in [0.2, 0.25) is 0 Å². The van der Waals surface area contributed by atoms with Crippen LogP contribution in [0.5, 0.6) is 11.5 Å². The molecular weight excluding hydrogens is 456 g/mol. The minimum Gasteiger partial charge on any atom is -0.508 e.